The molecule has 0 N–H and O–H groups in total. The van der Waals surface area contributed by atoms with Crippen molar-refractivity contribution in [1.82, 2.24) is 4.90 Å². The third kappa shape index (κ3) is 4.57. The fourth-order valence-corrected chi connectivity index (χ4v) is 1.70. The van der Waals surface area contributed by atoms with Gasteiger partial charge in [0.2, 0.25) is 0 Å². The quantitative estimate of drug-likeness (QED) is 0.734. The van der Waals surface area contributed by atoms with Crippen molar-refractivity contribution in [2.75, 3.05) is 13.7 Å². The van der Waals surface area contributed by atoms with Gasteiger partial charge < -0.3 is 4.74 Å². The Bertz CT molecular complexity index is 374. The summed E-state index contributed by atoms with van der Waals surface area (Å²) in [6.45, 7) is 7.34. The van der Waals surface area contributed by atoms with Crippen LogP contribution in [0.25, 0.3) is 0 Å². The molecule has 0 amide bonds. The zero-order valence-electron chi connectivity index (χ0n) is 11.1. The average Bonchev–Trinajstić information content (AvgIpc) is 2.27. The van der Waals surface area contributed by atoms with Gasteiger partial charge in [0.05, 0.1) is 13.7 Å². The second-order valence-corrected chi connectivity index (χ2v) is 4.56. The molecule has 0 aromatic heterocycles. The normalized spacial score (nSPS) is 10.9. The van der Waals surface area contributed by atoms with Gasteiger partial charge in [0.1, 0.15) is 0 Å². The number of hydrogen-bond acceptors (Lipinski definition) is 3. The van der Waals surface area contributed by atoms with E-state index in [1.165, 1.54) is 18.2 Å². The van der Waals surface area contributed by atoms with Gasteiger partial charge in [0.15, 0.2) is 0 Å². The molecule has 1 aromatic rings. The number of carbonyl (C=O) groups excluding carboxylic acids is 1. The molecule has 0 aliphatic carbocycles. The Balaban J connectivity index is 2.70. The highest BCUT2D eigenvalue weighted by atomic mass is 16.5. The summed E-state index contributed by atoms with van der Waals surface area (Å²) in [5.74, 6) is -0.189. The molecule has 0 aliphatic rings. The molecule has 0 saturated carbocycles. The summed E-state index contributed by atoms with van der Waals surface area (Å²) in [6.07, 6.45) is 0. The van der Waals surface area contributed by atoms with E-state index >= 15 is 0 Å². The third-order valence-corrected chi connectivity index (χ3v) is 2.76. The molecule has 17 heavy (non-hydrogen) atoms. The number of ether oxygens (including phenoxy) is 1. The van der Waals surface area contributed by atoms with Gasteiger partial charge in [0.25, 0.3) is 0 Å². The van der Waals surface area contributed by atoms with Crippen LogP contribution in [0.5, 0.6) is 0 Å². The fourth-order valence-electron chi connectivity index (χ4n) is 1.70. The lowest BCUT2D eigenvalue weighted by Crippen LogP contribution is -2.35. The van der Waals surface area contributed by atoms with Crippen LogP contribution in [0.15, 0.2) is 24.3 Å². The van der Waals surface area contributed by atoms with Gasteiger partial charge in [-0.3, -0.25) is 9.69 Å². The third-order valence-electron chi connectivity index (χ3n) is 2.76. The SMILES string of the molecule is COC(=O)CN(Cc1cccc(C)c1)C(C)C. The number of methoxy groups -OCH3 is 1. The van der Waals surface area contributed by atoms with Crippen molar-refractivity contribution in [2.45, 2.75) is 33.4 Å². The van der Waals surface area contributed by atoms with E-state index in [0.717, 1.165) is 6.54 Å². The molecule has 1 rings (SSSR count). The van der Waals surface area contributed by atoms with E-state index in [1.54, 1.807) is 0 Å². The predicted octanol–water partition coefficient (Wildman–Crippen LogP) is 2.38. The molecule has 0 atom stereocenters. The molecule has 94 valence electrons. The molecular weight excluding hydrogens is 214 g/mol. The minimum atomic E-state index is -0.189. The first-order chi connectivity index (χ1) is 8.02. The molecule has 0 aliphatic heterocycles. The topological polar surface area (TPSA) is 29.5 Å². The van der Waals surface area contributed by atoms with E-state index in [4.69, 9.17) is 4.74 Å². The van der Waals surface area contributed by atoms with Crippen LogP contribution in [-0.4, -0.2) is 30.6 Å². The number of esters is 1. The smallest absolute Gasteiger partial charge is 0.319 e. The first-order valence-electron chi connectivity index (χ1n) is 5.89. The highest BCUT2D eigenvalue weighted by Crippen LogP contribution is 2.10. The molecule has 0 heterocycles. The van der Waals surface area contributed by atoms with Gasteiger partial charge in [-0.25, -0.2) is 0 Å². The van der Waals surface area contributed by atoms with Gasteiger partial charge in [-0.15, -0.1) is 0 Å². The second kappa shape index (κ2) is 6.40. The standard InChI is InChI=1S/C14H21NO2/c1-11(2)15(10-14(16)17-4)9-13-7-5-6-12(3)8-13/h5-8,11H,9-10H2,1-4H3. The maximum atomic E-state index is 11.3. The van der Waals surface area contributed by atoms with Crippen LogP contribution in [0.1, 0.15) is 25.0 Å². The zero-order valence-corrected chi connectivity index (χ0v) is 11.1. The minimum absolute atomic E-state index is 0.189. The number of hydrogen-bond donors (Lipinski definition) is 0. The summed E-state index contributed by atoms with van der Waals surface area (Å²) in [4.78, 5) is 13.4. The molecule has 0 fully saturated rings. The summed E-state index contributed by atoms with van der Waals surface area (Å²) in [6, 6.07) is 8.66. The second-order valence-electron chi connectivity index (χ2n) is 4.56. The molecule has 1 aromatic carbocycles. The molecule has 3 nitrogen and oxygen atoms in total. The van der Waals surface area contributed by atoms with E-state index in [9.17, 15) is 4.79 Å². The van der Waals surface area contributed by atoms with E-state index < -0.39 is 0 Å². The molecule has 0 saturated heterocycles. The first kappa shape index (κ1) is 13.7. The van der Waals surface area contributed by atoms with Gasteiger partial charge in [-0.2, -0.15) is 0 Å². The lowest BCUT2D eigenvalue weighted by Gasteiger charge is -2.25. The van der Waals surface area contributed by atoms with Crippen LogP contribution in [0.4, 0.5) is 0 Å². The molecular formula is C14H21NO2. The lowest BCUT2D eigenvalue weighted by molar-refractivity contribution is -0.142. The number of aryl methyl sites for hydroxylation is 1. The zero-order chi connectivity index (χ0) is 12.8. The van der Waals surface area contributed by atoms with Gasteiger partial charge >= 0.3 is 5.97 Å². The molecule has 0 spiro atoms. The number of benzene rings is 1. The minimum Gasteiger partial charge on any atom is -0.468 e. The van der Waals surface area contributed by atoms with Crippen molar-refractivity contribution >= 4 is 5.97 Å². The van der Waals surface area contributed by atoms with Crippen LogP contribution in [0, 0.1) is 6.92 Å². The molecule has 0 unspecified atom stereocenters. The summed E-state index contributed by atoms with van der Waals surface area (Å²) in [5.41, 5.74) is 2.46. The van der Waals surface area contributed by atoms with Crippen molar-refractivity contribution in [1.29, 1.82) is 0 Å². The van der Waals surface area contributed by atoms with Gasteiger partial charge in [-0.1, -0.05) is 29.8 Å². The van der Waals surface area contributed by atoms with Crippen LogP contribution in [0.2, 0.25) is 0 Å². The number of carbonyl (C=O) groups is 1. The maximum Gasteiger partial charge on any atom is 0.319 e. The monoisotopic (exact) mass is 235 g/mol. The fraction of sp³-hybridized carbons (Fsp3) is 0.500. The predicted molar refractivity (Wildman–Crippen MR) is 68.7 cm³/mol. The Morgan fingerprint density at radius 2 is 2.12 bits per heavy atom. The van der Waals surface area contributed by atoms with Gasteiger partial charge in [-0.05, 0) is 26.3 Å². The largest absolute Gasteiger partial charge is 0.468 e. The van der Waals surface area contributed by atoms with Crippen molar-refractivity contribution in [3.05, 3.63) is 35.4 Å². The highest BCUT2D eigenvalue weighted by Gasteiger charge is 2.14. The lowest BCUT2D eigenvalue weighted by atomic mass is 10.1. The Kier molecular flexibility index (Phi) is 5.16. The highest BCUT2D eigenvalue weighted by molar-refractivity contribution is 5.71. The number of nitrogens with zero attached hydrogens (tertiary/aromatic N) is 1. The van der Waals surface area contributed by atoms with Gasteiger partial charge in [0, 0.05) is 12.6 Å². The summed E-state index contributed by atoms with van der Waals surface area (Å²) < 4.78 is 4.71. The van der Waals surface area contributed by atoms with Crippen LogP contribution in [-0.2, 0) is 16.1 Å². The molecule has 0 bridgehead atoms. The first-order valence-corrected chi connectivity index (χ1v) is 5.89. The van der Waals surface area contributed by atoms with Crippen molar-refractivity contribution in [2.24, 2.45) is 0 Å². The summed E-state index contributed by atoms with van der Waals surface area (Å²) >= 11 is 0. The van der Waals surface area contributed by atoms with Crippen molar-refractivity contribution in [3.63, 3.8) is 0 Å². The molecule has 0 radical (unpaired) electrons. The Hall–Kier alpha value is -1.35. The van der Waals surface area contributed by atoms with Crippen LogP contribution >= 0.6 is 0 Å². The van der Waals surface area contributed by atoms with E-state index in [1.807, 2.05) is 6.07 Å². The summed E-state index contributed by atoms with van der Waals surface area (Å²) in [5, 5.41) is 0. The summed E-state index contributed by atoms with van der Waals surface area (Å²) in [7, 11) is 1.42. The van der Waals surface area contributed by atoms with E-state index in [-0.39, 0.29) is 5.97 Å². The average molecular weight is 235 g/mol. The Labute approximate surface area is 103 Å². The van der Waals surface area contributed by atoms with E-state index in [0.29, 0.717) is 12.6 Å². The maximum absolute atomic E-state index is 11.3. The van der Waals surface area contributed by atoms with E-state index in [2.05, 4.69) is 43.9 Å². The van der Waals surface area contributed by atoms with Crippen LogP contribution < -0.4 is 0 Å². The molecule has 3 heteroatoms. The Morgan fingerprint density at radius 3 is 2.65 bits per heavy atom. The van der Waals surface area contributed by atoms with Crippen molar-refractivity contribution < 1.29 is 9.53 Å². The number of rotatable bonds is 5. The van der Waals surface area contributed by atoms with Crippen LogP contribution in [0.3, 0.4) is 0 Å². The Morgan fingerprint density at radius 1 is 1.41 bits per heavy atom. The van der Waals surface area contributed by atoms with Crippen molar-refractivity contribution in [3.8, 4) is 0 Å².